The Labute approximate surface area is 147 Å². The molecule has 25 heavy (non-hydrogen) atoms. The van der Waals surface area contributed by atoms with Gasteiger partial charge in [0, 0.05) is 19.5 Å². The smallest absolute Gasteiger partial charge is 0.240 e. The third-order valence-electron chi connectivity index (χ3n) is 3.65. The van der Waals surface area contributed by atoms with Crippen LogP contribution in [0.2, 0.25) is 0 Å². The maximum atomic E-state index is 13.4. The number of halogens is 1. The first-order chi connectivity index (χ1) is 11.9. The van der Waals surface area contributed by atoms with Crippen molar-refractivity contribution in [1.29, 1.82) is 0 Å². The number of nitrogens with one attached hydrogen (secondary N) is 2. The van der Waals surface area contributed by atoms with Gasteiger partial charge in [-0.25, -0.2) is 17.5 Å². The quantitative estimate of drug-likeness (QED) is 0.754. The molecule has 0 saturated carbocycles. The van der Waals surface area contributed by atoms with Crippen molar-refractivity contribution >= 4 is 15.9 Å². The maximum absolute atomic E-state index is 13.4. The van der Waals surface area contributed by atoms with Gasteiger partial charge in [0.25, 0.3) is 0 Å². The number of carbonyl (C=O) groups is 1. The van der Waals surface area contributed by atoms with E-state index >= 15 is 0 Å². The Bertz CT molecular complexity index is 820. The molecule has 2 aromatic rings. The third kappa shape index (κ3) is 5.95. The fourth-order valence-electron chi connectivity index (χ4n) is 2.23. The number of aryl methyl sites for hydroxylation is 1. The minimum atomic E-state index is -3.62. The van der Waals surface area contributed by atoms with E-state index in [2.05, 4.69) is 10.0 Å². The number of hydrogen-bond donors (Lipinski definition) is 2. The number of sulfonamides is 1. The molecule has 0 aliphatic rings. The highest BCUT2D eigenvalue weighted by Gasteiger charge is 2.13. The van der Waals surface area contributed by atoms with Crippen molar-refractivity contribution in [1.82, 2.24) is 10.0 Å². The third-order valence-corrected chi connectivity index (χ3v) is 5.13. The van der Waals surface area contributed by atoms with Gasteiger partial charge in [0.1, 0.15) is 5.82 Å². The second-order valence-electron chi connectivity index (χ2n) is 5.65. The molecule has 0 heterocycles. The van der Waals surface area contributed by atoms with Crippen molar-refractivity contribution in [2.45, 2.75) is 24.7 Å². The lowest BCUT2D eigenvalue weighted by Crippen LogP contribution is -2.31. The summed E-state index contributed by atoms with van der Waals surface area (Å²) in [5.41, 5.74) is 1.50. The van der Waals surface area contributed by atoms with Gasteiger partial charge in [0.05, 0.1) is 4.90 Å². The van der Waals surface area contributed by atoms with Gasteiger partial charge in [-0.15, -0.1) is 0 Å². The summed E-state index contributed by atoms with van der Waals surface area (Å²) >= 11 is 0. The summed E-state index contributed by atoms with van der Waals surface area (Å²) in [4.78, 5) is 11.9. The molecule has 7 heteroatoms. The van der Waals surface area contributed by atoms with Crippen LogP contribution in [0.3, 0.4) is 0 Å². The summed E-state index contributed by atoms with van der Waals surface area (Å²) in [5, 5.41) is 2.65. The SMILES string of the molecule is Cc1ccc(S(=O)(=O)NCCC(=O)NCCc2ccccc2F)cc1. The monoisotopic (exact) mass is 364 g/mol. The molecule has 0 radical (unpaired) electrons. The van der Waals surface area contributed by atoms with Crippen LogP contribution in [0, 0.1) is 12.7 Å². The first kappa shape index (κ1) is 19.1. The summed E-state index contributed by atoms with van der Waals surface area (Å²) in [6.07, 6.45) is 0.399. The molecular weight excluding hydrogens is 343 g/mol. The van der Waals surface area contributed by atoms with Crippen molar-refractivity contribution < 1.29 is 17.6 Å². The summed E-state index contributed by atoms with van der Waals surface area (Å²) in [7, 11) is -3.62. The van der Waals surface area contributed by atoms with Crippen LogP contribution in [-0.4, -0.2) is 27.4 Å². The number of amides is 1. The van der Waals surface area contributed by atoms with Crippen molar-refractivity contribution in [2.75, 3.05) is 13.1 Å². The standard InChI is InChI=1S/C18H21FN2O3S/c1-14-6-8-16(9-7-14)25(23,24)21-13-11-18(22)20-12-10-15-4-2-3-5-17(15)19/h2-9,21H,10-13H2,1H3,(H,20,22). The molecule has 1 amide bonds. The average molecular weight is 364 g/mol. The molecule has 0 spiro atoms. The van der Waals surface area contributed by atoms with E-state index in [-0.39, 0.29) is 29.6 Å². The lowest BCUT2D eigenvalue weighted by atomic mass is 10.1. The van der Waals surface area contributed by atoms with Gasteiger partial charge in [0.15, 0.2) is 0 Å². The lowest BCUT2D eigenvalue weighted by Gasteiger charge is -2.08. The summed E-state index contributed by atoms with van der Waals surface area (Å²) in [6.45, 7) is 2.17. The maximum Gasteiger partial charge on any atom is 0.240 e. The van der Waals surface area contributed by atoms with E-state index in [1.165, 1.54) is 18.2 Å². The summed E-state index contributed by atoms with van der Waals surface area (Å²) in [6, 6.07) is 12.8. The van der Waals surface area contributed by atoms with E-state index < -0.39 is 10.0 Å². The normalized spacial score (nSPS) is 11.3. The first-order valence-electron chi connectivity index (χ1n) is 7.95. The fraction of sp³-hybridized carbons (Fsp3) is 0.278. The zero-order valence-electron chi connectivity index (χ0n) is 14.0. The highest BCUT2D eigenvalue weighted by molar-refractivity contribution is 7.89. The van der Waals surface area contributed by atoms with E-state index in [1.807, 2.05) is 6.92 Å². The van der Waals surface area contributed by atoms with Crippen molar-refractivity contribution in [2.24, 2.45) is 0 Å². The molecule has 0 fully saturated rings. The van der Waals surface area contributed by atoms with Crippen LogP contribution >= 0.6 is 0 Å². The van der Waals surface area contributed by atoms with Crippen LogP contribution in [0.15, 0.2) is 53.4 Å². The minimum absolute atomic E-state index is 0.00173. The van der Waals surface area contributed by atoms with Crippen LogP contribution < -0.4 is 10.0 Å². The van der Waals surface area contributed by atoms with Gasteiger partial charge in [-0.2, -0.15) is 0 Å². The van der Waals surface area contributed by atoms with Gasteiger partial charge in [-0.3, -0.25) is 4.79 Å². The zero-order valence-corrected chi connectivity index (χ0v) is 14.8. The van der Waals surface area contributed by atoms with Gasteiger partial charge in [0.2, 0.25) is 15.9 Å². The van der Waals surface area contributed by atoms with E-state index in [9.17, 15) is 17.6 Å². The molecule has 0 saturated heterocycles. The molecule has 2 N–H and O–H groups in total. The van der Waals surface area contributed by atoms with Crippen LogP contribution in [0.25, 0.3) is 0 Å². The highest BCUT2D eigenvalue weighted by Crippen LogP contribution is 2.09. The Morgan fingerprint density at radius 3 is 2.40 bits per heavy atom. The first-order valence-corrected chi connectivity index (χ1v) is 9.43. The Hall–Kier alpha value is -2.25. The zero-order chi connectivity index (χ0) is 18.3. The molecule has 0 atom stereocenters. The fourth-order valence-corrected chi connectivity index (χ4v) is 3.26. The topological polar surface area (TPSA) is 75.3 Å². The second kappa shape index (κ2) is 8.73. The minimum Gasteiger partial charge on any atom is -0.356 e. The Morgan fingerprint density at radius 1 is 1.04 bits per heavy atom. The molecule has 2 aromatic carbocycles. The van der Waals surface area contributed by atoms with Crippen molar-refractivity contribution in [3.8, 4) is 0 Å². The van der Waals surface area contributed by atoms with E-state index in [0.717, 1.165) is 5.56 Å². The molecule has 2 rings (SSSR count). The van der Waals surface area contributed by atoms with E-state index in [0.29, 0.717) is 18.5 Å². The molecule has 0 aliphatic heterocycles. The summed E-state index contributed by atoms with van der Waals surface area (Å²) < 4.78 is 40.0. The predicted octanol–water partition coefficient (Wildman–Crippen LogP) is 2.16. The Morgan fingerprint density at radius 2 is 1.72 bits per heavy atom. The van der Waals surface area contributed by atoms with Gasteiger partial charge < -0.3 is 5.32 Å². The van der Waals surface area contributed by atoms with Crippen LogP contribution in [0.4, 0.5) is 4.39 Å². The number of benzene rings is 2. The van der Waals surface area contributed by atoms with Crippen molar-refractivity contribution in [3.05, 3.63) is 65.5 Å². The van der Waals surface area contributed by atoms with Crippen molar-refractivity contribution in [3.63, 3.8) is 0 Å². The molecule has 0 bridgehead atoms. The van der Waals surface area contributed by atoms with Crippen LogP contribution in [0.5, 0.6) is 0 Å². The van der Waals surface area contributed by atoms with Gasteiger partial charge in [-0.05, 0) is 37.1 Å². The highest BCUT2D eigenvalue weighted by atomic mass is 32.2. The Kier molecular flexibility index (Phi) is 6.66. The molecule has 134 valence electrons. The Balaban J connectivity index is 1.73. The molecule has 0 aromatic heterocycles. The lowest BCUT2D eigenvalue weighted by molar-refractivity contribution is -0.120. The molecule has 0 aliphatic carbocycles. The molecule has 5 nitrogen and oxygen atoms in total. The molecular formula is C18H21FN2O3S. The van der Waals surface area contributed by atoms with Crippen LogP contribution in [-0.2, 0) is 21.2 Å². The van der Waals surface area contributed by atoms with E-state index in [4.69, 9.17) is 0 Å². The number of rotatable bonds is 8. The predicted molar refractivity (Wildman–Crippen MR) is 94.1 cm³/mol. The van der Waals surface area contributed by atoms with Crippen LogP contribution in [0.1, 0.15) is 17.5 Å². The number of hydrogen-bond acceptors (Lipinski definition) is 3. The largest absolute Gasteiger partial charge is 0.356 e. The van der Waals surface area contributed by atoms with Gasteiger partial charge in [-0.1, -0.05) is 35.9 Å². The number of carbonyl (C=O) groups excluding carboxylic acids is 1. The van der Waals surface area contributed by atoms with E-state index in [1.54, 1.807) is 30.3 Å². The second-order valence-corrected chi connectivity index (χ2v) is 7.42. The average Bonchev–Trinajstić information content (AvgIpc) is 2.57. The molecule has 0 unspecified atom stereocenters. The summed E-state index contributed by atoms with van der Waals surface area (Å²) in [5.74, 6) is -0.592. The van der Waals surface area contributed by atoms with Gasteiger partial charge >= 0.3 is 0 Å².